The lowest BCUT2D eigenvalue weighted by atomic mass is 9.93. The van der Waals surface area contributed by atoms with Gasteiger partial charge in [0.1, 0.15) is 36.6 Å². The molecule has 1 amide bonds. The third-order valence-electron chi connectivity index (χ3n) is 10.7. The molecule has 1 atom stereocenters. The Hall–Kier alpha value is -4.18. The van der Waals surface area contributed by atoms with E-state index < -0.39 is 6.17 Å². The van der Waals surface area contributed by atoms with Crippen LogP contribution in [-0.2, 0) is 19.8 Å². The average molecular weight is 757 g/mol. The Labute approximate surface area is 324 Å². The number of likely N-dealkylation sites (tertiary alicyclic amines) is 1. The SMILES string of the molecule is CC[C@@H]1CCCCNC(=O)c2cncc(c2)COc2cc(OCc3cccc(-c4cccc(OCCCN5CCC(F)CC5)c4C)c3C)c(Cl)cc2CN1. The Balaban J connectivity index is 1.16. The molecule has 1 aromatic heterocycles. The number of piperidine rings is 1. The van der Waals surface area contributed by atoms with Crippen molar-refractivity contribution in [2.45, 2.75) is 97.7 Å². The highest BCUT2D eigenvalue weighted by molar-refractivity contribution is 6.32. The molecule has 0 radical (unpaired) electrons. The van der Waals surface area contributed by atoms with Gasteiger partial charge in [0.15, 0.2) is 0 Å². The summed E-state index contributed by atoms with van der Waals surface area (Å²) < 4.78 is 32.6. The molecular formula is C44H54ClFN4O4. The molecule has 3 heterocycles. The maximum absolute atomic E-state index is 13.5. The number of alkyl halides is 1. The average Bonchev–Trinajstić information content (AvgIpc) is 3.18. The van der Waals surface area contributed by atoms with Crippen molar-refractivity contribution in [2.24, 2.45) is 0 Å². The van der Waals surface area contributed by atoms with Crippen LogP contribution in [0.2, 0.25) is 5.02 Å². The molecule has 0 aliphatic carbocycles. The number of carbonyl (C=O) groups excluding carboxylic acids is 1. The molecule has 2 N–H and O–H groups in total. The summed E-state index contributed by atoms with van der Waals surface area (Å²) >= 11 is 6.89. The lowest BCUT2D eigenvalue weighted by Gasteiger charge is -2.28. The first kappa shape index (κ1) is 39.5. The summed E-state index contributed by atoms with van der Waals surface area (Å²) in [5.41, 5.74) is 7.77. The predicted octanol–water partition coefficient (Wildman–Crippen LogP) is 9.16. The zero-order chi connectivity index (χ0) is 37.9. The number of aromatic nitrogens is 1. The minimum absolute atomic E-state index is 0.126. The predicted molar refractivity (Wildman–Crippen MR) is 213 cm³/mol. The van der Waals surface area contributed by atoms with Crippen molar-refractivity contribution in [3.05, 3.63) is 105 Å². The highest BCUT2D eigenvalue weighted by Crippen LogP contribution is 2.36. The van der Waals surface area contributed by atoms with Crippen molar-refractivity contribution in [1.82, 2.24) is 20.5 Å². The number of nitrogens with zero attached hydrogens (tertiary/aromatic N) is 2. The Kier molecular flexibility index (Phi) is 14.2. The first-order chi connectivity index (χ1) is 26.3. The van der Waals surface area contributed by atoms with Crippen molar-refractivity contribution >= 4 is 17.5 Å². The van der Waals surface area contributed by atoms with Crippen LogP contribution >= 0.6 is 11.6 Å². The number of carbonyl (C=O) groups is 1. The number of hydrogen-bond acceptors (Lipinski definition) is 7. The maximum atomic E-state index is 13.5. The van der Waals surface area contributed by atoms with E-state index in [1.165, 1.54) is 0 Å². The van der Waals surface area contributed by atoms with Crippen molar-refractivity contribution < 1.29 is 23.4 Å². The Morgan fingerprint density at radius 2 is 1.76 bits per heavy atom. The summed E-state index contributed by atoms with van der Waals surface area (Å²) in [5, 5.41) is 7.23. The van der Waals surface area contributed by atoms with Crippen LogP contribution in [0.5, 0.6) is 17.2 Å². The molecule has 8 nitrogen and oxygen atoms in total. The Morgan fingerprint density at radius 1 is 0.963 bits per heavy atom. The molecule has 10 heteroatoms. The van der Waals surface area contributed by atoms with Crippen molar-refractivity contribution in [1.29, 1.82) is 0 Å². The molecule has 54 heavy (non-hydrogen) atoms. The van der Waals surface area contributed by atoms with E-state index >= 15 is 0 Å². The number of halogens is 2. The van der Waals surface area contributed by atoms with E-state index in [4.69, 9.17) is 25.8 Å². The lowest BCUT2D eigenvalue weighted by molar-refractivity contribution is 0.0952. The van der Waals surface area contributed by atoms with E-state index in [0.29, 0.717) is 67.3 Å². The smallest absolute Gasteiger partial charge is 0.252 e. The second kappa shape index (κ2) is 19.4. The fourth-order valence-corrected chi connectivity index (χ4v) is 7.52. The number of fused-ring (bicyclic) bond motifs is 3. The Bertz CT molecular complexity index is 1860. The van der Waals surface area contributed by atoms with E-state index in [9.17, 15) is 9.18 Å². The zero-order valence-corrected chi connectivity index (χ0v) is 32.7. The van der Waals surface area contributed by atoms with E-state index in [2.05, 4.69) is 65.6 Å². The normalized spacial score (nSPS) is 17.6. The van der Waals surface area contributed by atoms with Gasteiger partial charge in [0, 0.05) is 68.4 Å². The van der Waals surface area contributed by atoms with Crippen LogP contribution in [0.1, 0.15) is 90.0 Å². The number of nitrogens with one attached hydrogen (secondary N) is 2. The fourth-order valence-electron chi connectivity index (χ4n) is 7.28. The molecule has 0 saturated carbocycles. The van der Waals surface area contributed by atoms with Crippen molar-refractivity contribution in [2.75, 3.05) is 32.8 Å². The van der Waals surface area contributed by atoms with Gasteiger partial charge >= 0.3 is 0 Å². The van der Waals surface area contributed by atoms with Crippen molar-refractivity contribution in [3.8, 4) is 28.4 Å². The van der Waals surface area contributed by atoms with E-state index in [1.54, 1.807) is 12.4 Å². The number of hydrogen-bond donors (Lipinski definition) is 2. The van der Waals surface area contributed by atoms with Crippen LogP contribution in [-0.4, -0.2) is 60.8 Å². The molecular weight excluding hydrogens is 703 g/mol. The third kappa shape index (κ3) is 10.5. The maximum Gasteiger partial charge on any atom is 0.252 e. The van der Waals surface area contributed by atoms with Gasteiger partial charge in [-0.2, -0.15) is 0 Å². The van der Waals surface area contributed by atoms with Gasteiger partial charge in [-0.25, -0.2) is 4.39 Å². The largest absolute Gasteiger partial charge is 0.493 e. The number of amides is 1. The van der Waals surface area contributed by atoms with Gasteiger partial charge in [0.2, 0.25) is 0 Å². The Morgan fingerprint density at radius 3 is 2.57 bits per heavy atom. The van der Waals surface area contributed by atoms with E-state index in [0.717, 1.165) is 96.4 Å². The highest BCUT2D eigenvalue weighted by Gasteiger charge is 2.19. The first-order valence-corrected chi connectivity index (χ1v) is 19.9. The van der Waals surface area contributed by atoms with Gasteiger partial charge in [-0.1, -0.05) is 55.3 Å². The van der Waals surface area contributed by atoms with Crippen LogP contribution < -0.4 is 24.8 Å². The van der Waals surface area contributed by atoms with Crippen LogP contribution in [0, 0.1) is 13.8 Å². The molecule has 6 rings (SSSR count). The molecule has 0 unspecified atom stereocenters. The van der Waals surface area contributed by atoms with Crippen LogP contribution in [0.4, 0.5) is 4.39 Å². The van der Waals surface area contributed by atoms with E-state index in [1.807, 2.05) is 30.3 Å². The molecule has 1 fully saturated rings. The van der Waals surface area contributed by atoms with Crippen LogP contribution in [0.3, 0.4) is 0 Å². The number of ether oxygens (including phenoxy) is 3. The standard InChI is InChI=1S/C44H54ClFN4O4/c1-4-37-11-5-6-17-48-44(51)35-22-32(25-47-26-35)28-53-42-24-43(40(45)23-34(42)27-49-37)54-29-33-10-7-12-38(30(33)2)39-13-8-14-41(31(39)3)52-21-9-18-50-19-15-36(46)16-20-50/h7-8,10,12-14,22-26,36-37,49H,4-6,9,11,15-21,27-29H2,1-3H3,(H,48,51)/t37-/m1/s1. The molecule has 2 aliphatic rings. The summed E-state index contributed by atoms with van der Waals surface area (Å²) in [7, 11) is 0. The summed E-state index contributed by atoms with van der Waals surface area (Å²) in [6.07, 6.45) is 8.74. The number of benzene rings is 3. The van der Waals surface area contributed by atoms with Gasteiger partial charge in [-0.3, -0.25) is 9.78 Å². The molecule has 3 aromatic carbocycles. The van der Waals surface area contributed by atoms with Gasteiger partial charge in [0.25, 0.3) is 5.91 Å². The number of pyridine rings is 1. The third-order valence-corrected chi connectivity index (χ3v) is 11.0. The van der Waals surface area contributed by atoms with E-state index in [-0.39, 0.29) is 12.5 Å². The molecule has 1 saturated heterocycles. The first-order valence-electron chi connectivity index (χ1n) is 19.5. The topological polar surface area (TPSA) is 85.0 Å². The minimum Gasteiger partial charge on any atom is -0.493 e. The molecule has 2 aliphatic heterocycles. The second-order valence-corrected chi connectivity index (χ2v) is 14.9. The summed E-state index contributed by atoms with van der Waals surface area (Å²) in [6.45, 7) is 11.4. The molecule has 288 valence electrons. The monoisotopic (exact) mass is 756 g/mol. The lowest BCUT2D eigenvalue weighted by Crippen LogP contribution is -2.35. The minimum atomic E-state index is -0.650. The van der Waals surface area contributed by atoms with Gasteiger partial charge in [-0.15, -0.1) is 0 Å². The summed E-state index contributed by atoms with van der Waals surface area (Å²) in [6, 6.07) is 18.5. The second-order valence-electron chi connectivity index (χ2n) is 14.5. The van der Waals surface area contributed by atoms with Crippen molar-refractivity contribution in [3.63, 3.8) is 0 Å². The summed E-state index contributed by atoms with van der Waals surface area (Å²) in [4.78, 5) is 19.4. The van der Waals surface area contributed by atoms with Gasteiger partial charge < -0.3 is 29.7 Å². The molecule has 0 spiro atoms. The zero-order valence-electron chi connectivity index (χ0n) is 31.9. The molecule has 2 bridgehead atoms. The van der Waals surface area contributed by atoms with Gasteiger partial charge in [-0.05, 0) is 98.4 Å². The highest BCUT2D eigenvalue weighted by atomic mass is 35.5. The van der Waals surface area contributed by atoms with Gasteiger partial charge in [0.05, 0.1) is 17.2 Å². The number of rotatable bonds is 10. The summed E-state index contributed by atoms with van der Waals surface area (Å²) in [5.74, 6) is 1.96. The van der Waals surface area contributed by atoms with Crippen LogP contribution in [0.25, 0.3) is 11.1 Å². The molecule has 4 aromatic rings. The fraction of sp³-hybridized carbons (Fsp3) is 0.455. The quantitative estimate of drug-likeness (QED) is 0.156. The van der Waals surface area contributed by atoms with Crippen LogP contribution in [0.15, 0.2) is 67.0 Å².